The van der Waals surface area contributed by atoms with Gasteiger partial charge in [0, 0.05) is 17.9 Å². The fraction of sp³-hybridized carbons (Fsp3) is 0.750. The average molecular weight is 122 g/mol. The molecule has 1 saturated carbocycles. The second-order valence-electron chi connectivity index (χ2n) is 3.09. The van der Waals surface area contributed by atoms with Gasteiger partial charge in [-0.1, -0.05) is 0 Å². The standard InChI is InChI=1S/C8H10O/c1-2-7-5-8(7)3-4-9-6-8/h1,7H,3-6H2. The molecule has 0 aromatic heterocycles. The molecule has 2 rings (SSSR count). The number of hydrogen-bond donors (Lipinski definition) is 0. The zero-order valence-electron chi connectivity index (χ0n) is 5.39. The molecule has 1 heterocycles. The summed E-state index contributed by atoms with van der Waals surface area (Å²) >= 11 is 0. The van der Waals surface area contributed by atoms with E-state index in [1.54, 1.807) is 0 Å². The summed E-state index contributed by atoms with van der Waals surface area (Å²) in [7, 11) is 0. The van der Waals surface area contributed by atoms with Gasteiger partial charge in [0.25, 0.3) is 0 Å². The Morgan fingerprint density at radius 2 is 2.56 bits per heavy atom. The zero-order chi connectivity index (χ0) is 6.32. The van der Waals surface area contributed by atoms with Crippen LogP contribution in [0.15, 0.2) is 0 Å². The normalized spacial score (nSPS) is 47.2. The predicted octanol–water partition coefficient (Wildman–Crippen LogP) is 1.05. The second-order valence-corrected chi connectivity index (χ2v) is 3.09. The Hall–Kier alpha value is -0.480. The lowest BCUT2D eigenvalue weighted by atomic mass is 10.0. The largest absolute Gasteiger partial charge is 0.381 e. The predicted molar refractivity (Wildman–Crippen MR) is 34.8 cm³/mol. The molecule has 48 valence electrons. The molecule has 0 amide bonds. The van der Waals surface area contributed by atoms with Gasteiger partial charge in [0.05, 0.1) is 6.61 Å². The van der Waals surface area contributed by atoms with Gasteiger partial charge in [0.1, 0.15) is 0 Å². The number of rotatable bonds is 0. The summed E-state index contributed by atoms with van der Waals surface area (Å²) in [5.41, 5.74) is 0.453. The minimum absolute atomic E-state index is 0.453. The van der Waals surface area contributed by atoms with E-state index in [-0.39, 0.29) is 0 Å². The third-order valence-electron chi connectivity index (χ3n) is 2.52. The zero-order valence-corrected chi connectivity index (χ0v) is 5.39. The van der Waals surface area contributed by atoms with E-state index in [0.717, 1.165) is 13.2 Å². The molecule has 0 radical (unpaired) electrons. The van der Waals surface area contributed by atoms with Crippen LogP contribution in [0.25, 0.3) is 0 Å². The Morgan fingerprint density at radius 1 is 1.67 bits per heavy atom. The average Bonchev–Trinajstić information content (AvgIpc) is 2.30. The Balaban J connectivity index is 2.07. The van der Waals surface area contributed by atoms with Gasteiger partial charge < -0.3 is 4.74 Å². The van der Waals surface area contributed by atoms with Crippen LogP contribution in [0, 0.1) is 23.7 Å². The molecule has 1 heteroatoms. The minimum atomic E-state index is 0.453. The summed E-state index contributed by atoms with van der Waals surface area (Å²) in [6, 6.07) is 0. The summed E-state index contributed by atoms with van der Waals surface area (Å²) in [4.78, 5) is 0. The highest BCUT2D eigenvalue weighted by Crippen LogP contribution is 2.57. The van der Waals surface area contributed by atoms with E-state index >= 15 is 0 Å². The highest BCUT2D eigenvalue weighted by Gasteiger charge is 2.55. The van der Waals surface area contributed by atoms with Crippen LogP contribution in [-0.2, 0) is 4.74 Å². The molecule has 1 aliphatic heterocycles. The van der Waals surface area contributed by atoms with Gasteiger partial charge in [-0.05, 0) is 12.8 Å². The molecule has 0 N–H and O–H groups in total. The van der Waals surface area contributed by atoms with Crippen LogP contribution < -0.4 is 0 Å². The van der Waals surface area contributed by atoms with Gasteiger partial charge >= 0.3 is 0 Å². The van der Waals surface area contributed by atoms with Crippen molar-refractivity contribution >= 4 is 0 Å². The second kappa shape index (κ2) is 1.52. The van der Waals surface area contributed by atoms with Crippen LogP contribution in [0.2, 0.25) is 0 Å². The molecule has 1 aliphatic carbocycles. The van der Waals surface area contributed by atoms with Gasteiger partial charge in [-0.15, -0.1) is 12.3 Å². The van der Waals surface area contributed by atoms with Crippen molar-refractivity contribution in [3.05, 3.63) is 0 Å². The van der Waals surface area contributed by atoms with E-state index in [9.17, 15) is 0 Å². The first-order valence-electron chi connectivity index (χ1n) is 3.41. The molecule has 2 fully saturated rings. The van der Waals surface area contributed by atoms with Crippen LogP contribution >= 0.6 is 0 Å². The fourth-order valence-electron chi connectivity index (χ4n) is 1.64. The molecule has 1 spiro atoms. The topological polar surface area (TPSA) is 9.23 Å². The third kappa shape index (κ3) is 0.601. The minimum Gasteiger partial charge on any atom is -0.381 e. The van der Waals surface area contributed by atoms with Crippen molar-refractivity contribution in [3.63, 3.8) is 0 Å². The first-order chi connectivity index (χ1) is 4.37. The van der Waals surface area contributed by atoms with E-state index < -0.39 is 0 Å². The van der Waals surface area contributed by atoms with Crippen LogP contribution in [0.5, 0.6) is 0 Å². The SMILES string of the molecule is C#CC1CC12CCOC2. The van der Waals surface area contributed by atoms with E-state index in [4.69, 9.17) is 11.2 Å². The molecule has 9 heavy (non-hydrogen) atoms. The Bertz CT molecular complexity index is 160. The number of ether oxygens (including phenoxy) is 1. The maximum absolute atomic E-state index is 5.28. The van der Waals surface area contributed by atoms with Gasteiger partial charge in [-0.3, -0.25) is 0 Å². The summed E-state index contributed by atoms with van der Waals surface area (Å²) in [5, 5.41) is 0. The molecular weight excluding hydrogens is 112 g/mol. The van der Waals surface area contributed by atoms with Gasteiger partial charge in [-0.2, -0.15) is 0 Å². The van der Waals surface area contributed by atoms with E-state index in [2.05, 4.69) is 5.92 Å². The molecular formula is C8H10O. The highest BCUT2D eigenvalue weighted by molar-refractivity contribution is 5.17. The number of terminal acetylenes is 1. The Kier molecular flexibility index (Phi) is 0.896. The van der Waals surface area contributed by atoms with Crippen molar-refractivity contribution in [2.24, 2.45) is 11.3 Å². The molecule has 1 nitrogen and oxygen atoms in total. The lowest BCUT2D eigenvalue weighted by molar-refractivity contribution is 0.180. The molecule has 0 aromatic rings. The quantitative estimate of drug-likeness (QED) is 0.436. The van der Waals surface area contributed by atoms with Crippen molar-refractivity contribution in [1.82, 2.24) is 0 Å². The monoisotopic (exact) mass is 122 g/mol. The van der Waals surface area contributed by atoms with Gasteiger partial charge in [-0.25, -0.2) is 0 Å². The number of hydrogen-bond acceptors (Lipinski definition) is 1. The Labute approximate surface area is 55.4 Å². The first kappa shape index (κ1) is 5.32. The summed E-state index contributed by atoms with van der Waals surface area (Å²) < 4.78 is 5.26. The molecule has 2 atom stereocenters. The van der Waals surface area contributed by atoms with Crippen LogP contribution in [0.3, 0.4) is 0 Å². The fourth-order valence-corrected chi connectivity index (χ4v) is 1.64. The highest BCUT2D eigenvalue weighted by atomic mass is 16.5. The smallest absolute Gasteiger partial charge is 0.0535 e. The molecule has 2 unspecified atom stereocenters. The summed E-state index contributed by atoms with van der Waals surface area (Å²) in [5.74, 6) is 3.33. The lowest BCUT2D eigenvalue weighted by Gasteiger charge is -1.98. The van der Waals surface area contributed by atoms with E-state index in [1.165, 1.54) is 12.8 Å². The van der Waals surface area contributed by atoms with Gasteiger partial charge in [0.15, 0.2) is 0 Å². The lowest BCUT2D eigenvalue weighted by Crippen LogP contribution is -2.00. The van der Waals surface area contributed by atoms with E-state index in [1.807, 2.05) is 0 Å². The Morgan fingerprint density at radius 3 is 3.00 bits per heavy atom. The maximum Gasteiger partial charge on any atom is 0.0535 e. The maximum atomic E-state index is 5.28. The molecule has 2 aliphatic rings. The van der Waals surface area contributed by atoms with E-state index in [0.29, 0.717) is 11.3 Å². The molecule has 1 saturated heterocycles. The van der Waals surface area contributed by atoms with Crippen LogP contribution in [0.1, 0.15) is 12.8 Å². The summed E-state index contributed by atoms with van der Waals surface area (Å²) in [6.07, 6.45) is 7.69. The van der Waals surface area contributed by atoms with Crippen molar-refractivity contribution in [2.75, 3.05) is 13.2 Å². The third-order valence-corrected chi connectivity index (χ3v) is 2.52. The van der Waals surface area contributed by atoms with Crippen LogP contribution in [-0.4, -0.2) is 13.2 Å². The van der Waals surface area contributed by atoms with Crippen molar-refractivity contribution in [2.45, 2.75) is 12.8 Å². The van der Waals surface area contributed by atoms with Crippen molar-refractivity contribution < 1.29 is 4.74 Å². The molecule has 0 bridgehead atoms. The first-order valence-corrected chi connectivity index (χ1v) is 3.41. The van der Waals surface area contributed by atoms with Crippen molar-refractivity contribution in [3.8, 4) is 12.3 Å². The van der Waals surface area contributed by atoms with Crippen molar-refractivity contribution in [1.29, 1.82) is 0 Å². The summed E-state index contributed by atoms with van der Waals surface area (Å²) in [6.45, 7) is 1.85. The molecule has 0 aromatic carbocycles. The van der Waals surface area contributed by atoms with Crippen LogP contribution in [0.4, 0.5) is 0 Å². The van der Waals surface area contributed by atoms with Gasteiger partial charge in [0.2, 0.25) is 0 Å².